The molecular formula is C25H26N2O6S2. The number of amides is 2. The van der Waals surface area contributed by atoms with Crippen LogP contribution in [0.15, 0.2) is 34.1 Å². The number of thioether (sulfide) groups is 1. The van der Waals surface area contributed by atoms with Crippen LogP contribution >= 0.6 is 23.1 Å². The zero-order valence-electron chi connectivity index (χ0n) is 18.9. The van der Waals surface area contributed by atoms with Crippen molar-refractivity contribution >= 4 is 40.9 Å². The van der Waals surface area contributed by atoms with Crippen molar-refractivity contribution in [2.75, 3.05) is 6.54 Å². The number of hydrogen-bond donors (Lipinski definition) is 3. The van der Waals surface area contributed by atoms with E-state index in [2.05, 4.69) is 4.98 Å². The predicted molar refractivity (Wildman–Crippen MR) is 129 cm³/mol. The van der Waals surface area contributed by atoms with E-state index in [0.29, 0.717) is 25.8 Å². The first-order valence-corrected chi connectivity index (χ1v) is 13.8. The topological polar surface area (TPSA) is 128 Å². The average molecular weight is 515 g/mol. The van der Waals surface area contributed by atoms with Crippen molar-refractivity contribution in [3.63, 3.8) is 0 Å². The highest BCUT2D eigenvalue weighted by Crippen LogP contribution is 2.68. The number of carbonyl (C=O) groups is 3. The first-order valence-electron chi connectivity index (χ1n) is 12.1. The summed E-state index contributed by atoms with van der Waals surface area (Å²) in [4.78, 5) is 55.1. The molecule has 1 aromatic heterocycles. The number of unbranched alkanes of at least 4 members (excludes halogenated alkanes) is 2. The first kappa shape index (κ1) is 22.8. The molecule has 3 N–H and O–H groups in total. The third kappa shape index (κ3) is 3.48. The van der Waals surface area contributed by atoms with Crippen molar-refractivity contribution in [2.24, 2.45) is 29.6 Å². The van der Waals surface area contributed by atoms with E-state index < -0.39 is 5.97 Å². The van der Waals surface area contributed by atoms with Gasteiger partial charge in [0.1, 0.15) is 5.75 Å². The summed E-state index contributed by atoms with van der Waals surface area (Å²) in [6, 6.07) is 7.22. The minimum Gasteiger partial charge on any atom is -0.508 e. The van der Waals surface area contributed by atoms with Gasteiger partial charge in [-0.25, -0.2) is 0 Å². The third-order valence-electron chi connectivity index (χ3n) is 8.36. The van der Waals surface area contributed by atoms with Gasteiger partial charge in [-0.2, -0.15) is 0 Å². The van der Waals surface area contributed by atoms with E-state index in [4.69, 9.17) is 5.11 Å². The van der Waals surface area contributed by atoms with Crippen LogP contribution in [0.4, 0.5) is 0 Å². The summed E-state index contributed by atoms with van der Waals surface area (Å²) in [6.07, 6.45) is 2.71. The lowest BCUT2D eigenvalue weighted by atomic mass is 9.68. The molecule has 0 radical (unpaired) electrons. The summed E-state index contributed by atoms with van der Waals surface area (Å²) >= 11 is 2.81. The zero-order valence-corrected chi connectivity index (χ0v) is 20.5. The molecule has 2 bridgehead atoms. The number of phenols is 1. The smallest absolute Gasteiger partial charge is 0.305 e. The van der Waals surface area contributed by atoms with Gasteiger partial charge in [0.25, 0.3) is 0 Å². The first-order chi connectivity index (χ1) is 16.9. The third-order valence-corrected chi connectivity index (χ3v) is 10.9. The maximum absolute atomic E-state index is 13.5. The molecule has 2 aliphatic heterocycles. The molecule has 0 unspecified atom stereocenters. The van der Waals surface area contributed by atoms with Gasteiger partial charge < -0.3 is 15.2 Å². The summed E-state index contributed by atoms with van der Waals surface area (Å²) in [5.74, 6) is -1.56. The molecule has 2 aliphatic carbocycles. The number of aliphatic carboxylic acids is 1. The average Bonchev–Trinajstić information content (AvgIpc) is 3.54. The Morgan fingerprint density at radius 1 is 1.06 bits per heavy atom. The summed E-state index contributed by atoms with van der Waals surface area (Å²) < 4.78 is 0. The lowest BCUT2D eigenvalue weighted by Gasteiger charge is -2.43. The molecule has 7 atom stereocenters. The number of carbonyl (C=O) groups excluding carboxylic acids is 2. The number of nitrogens with zero attached hydrogens (tertiary/aromatic N) is 1. The second-order valence-electron chi connectivity index (χ2n) is 10.1. The number of aromatic amines is 1. The van der Waals surface area contributed by atoms with Crippen molar-refractivity contribution in [2.45, 2.75) is 48.3 Å². The van der Waals surface area contributed by atoms with Gasteiger partial charge in [0, 0.05) is 34.6 Å². The minimum absolute atomic E-state index is 0.0194. The second kappa shape index (κ2) is 8.51. The van der Waals surface area contributed by atoms with Gasteiger partial charge in [0.05, 0.1) is 16.9 Å². The van der Waals surface area contributed by atoms with Crippen LogP contribution in [-0.4, -0.2) is 49.7 Å². The van der Waals surface area contributed by atoms with Crippen molar-refractivity contribution in [3.05, 3.63) is 44.4 Å². The number of hydrogen-bond acceptors (Lipinski definition) is 7. The Hall–Kier alpha value is -2.59. The second-order valence-corrected chi connectivity index (χ2v) is 12.3. The van der Waals surface area contributed by atoms with Crippen LogP contribution < -0.4 is 4.87 Å². The highest BCUT2D eigenvalue weighted by Gasteiger charge is 2.69. The minimum atomic E-state index is -0.835. The summed E-state index contributed by atoms with van der Waals surface area (Å²) in [7, 11) is 0. The van der Waals surface area contributed by atoms with Gasteiger partial charge in [-0.05, 0) is 43.1 Å². The Morgan fingerprint density at radius 3 is 2.54 bits per heavy atom. The monoisotopic (exact) mass is 514 g/mol. The van der Waals surface area contributed by atoms with Crippen LogP contribution in [0.3, 0.4) is 0 Å². The van der Waals surface area contributed by atoms with E-state index in [-0.39, 0.29) is 69.6 Å². The number of aromatic nitrogens is 1. The molecule has 3 fully saturated rings. The normalized spacial score (nSPS) is 32.6. The Balaban J connectivity index is 1.30. The van der Waals surface area contributed by atoms with Gasteiger partial charge in [0.2, 0.25) is 11.8 Å². The van der Waals surface area contributed by atoms with Gasteiger partial charge in [-0.15, -0.1) is 11.8 Å². The van der Waals surface area contributed by atoms with Gasteiger partial charge in [0.15, 0.2) is 0 Å². The lowest BCUT2D eigenvalue weighted by Crippen LogP contribution is -2.42. The van der Waals surface area contributed by atoms with E-state index in [1.165, 1.54) is 16.2 Å². The molecule has 2 saturated carbocycles. The molecule has 1 aromatic carbocycles. The van der Waals surface area contributed by atoms with Crippen LogP contribution in [0.25, 0.3) is 0 Å². The number of carboxylic acid groups (broad SMARTS) is 1. The molecule has 0 spiro atoms. The molecule has 8 nitrogen and oxygen atoms in total. The summed E-state index contributed by atoms with van der Waals surface area (Å²) in [5, 5.41) is 20.5. The largest absolute Gasteiger partial charge is 0.508 e. The Bertz CT molecular complexity index is 1270. The number of thiazole rings is 1. The van der Waals surface area contributed by atoms with Gasteiger partial charge >= 0.3 is 10.8 Å². The number of nitrogens with one attached hydrogen (secondary N) is 1. The van der Waals surface area contributed by atoms with Crippen molar-refractivity contribution < 1.29 is 24.6 Å². The Labute approximate surface area is 209 Å². The number of H-pyrrole nitrogens is 1. The molecule has 2 amide bonds. The SMILES string of the molecule is O=C(O)CCCCCN1C(=O)[C@@H]2[C@H]3C[C@@H]([C@@H]4Sc5[nH]c(=O)sc5[C@@H](c5ccccc5O)[C@@H]34)[C@H]2C1=O. The van der Waals surface area contributed by atoms with E-state index in [0.717, 1.165) is 21.9 Å². The molecule has 35 heavy (non-hydrogen) atoms. The van der Waals surface area contributed by atoms with Crippen LogP contribution in [-0.2, 0) is 14.4 Å². The fourth-order valence-corrected chi connectivity index (χ4v) is 10.0. The fraction of sp³-hybridized carbons (Fsp3) is 0.520. The fourth-order valence-electron chi connectivity index (χ4n) is 7.12. The van der Waals surface area contributed by atoms with Gasteiger partial charge in [-0.3, -0.25) is 24.1 Å². The number of likely N-dealkylation sites (tertiary alicyclic amines) is 1. The Kier molecular flexibility index (Phi) is 5.56. The number of fused-ring (bicyclic) bond motifs is 9. The summed E-state index contributed by atoms with van der Waals surface area (Å²) in [6.45, 7) is 0.343. The van der Waals surface area contributed by atoms with Crippen LogP contribution in [0.5, 0.6) is 5.75 Å². The van der Waals surface area contributed by atoms with Crippen molar-refractivity contribution in [1.29, 1.82) is 0 Å². The predicted octanol–water partition coefficient (Wildman–Crippen LogP) is 3.26. The number of aromatic hydroxyl groups is 1. The van der Waals surface area contributed by atoms with Crippen LogP contribution in [0.2, 0.25) is 0 Å². The van der Waals surface area contributed by atoms with Crippen molar-refractivity contribution in [1.82, 2.24) is 9.88 Å². The molecular weight excluding hydrogens is 488 g/mol. The Morgan fingerprint density at radius 2 is 1.80 bits per heavy atom. The van der Waals surface area contributed by atoms with E-state index in [1.54, 1.807) is 23.9 Å². The van der Waals surface area contributed by atoms with Crippen molar-refractivity contribution in [3.8, 4) is 5.75 Å². The summed E-state index contributed by atoms with van der Waals surface area (Å²) in [5.41, 5.74) is 0.774. The molecule has 1 saturated heterocycles. The maximum Gasteiger partial charge on any atom is 0.305 e. The highest BCUT2D eigenvalue weighted by atomic mass is 32.2. The van der Waals surface area contributed by atoms with E-state index in [1.807, 2.05) is 12.1 Å². The number of carboxylic acids is 1. The molecule has 10 heteroatoms. The maximum atomic E-state index is 13.5. The quantitative estimate of drug-likeness (QED) is 0.382. The molecule has 184 valence electrons. The van der Waals surface area contributed by atoms with E-state index >= 15 is 0 Å². The highest BCUT2D eigenvalue weighted by molar-refractivity contribution is 8.00. The molecule has 4 aliphatic rings. The standard InChI is InChI=1S/C25H26N2O6S2/c28-14-7-4-3-6-11(14)16-17-12-10-13(20(17)34-22-21(16)35-25(33)26-22)19-18(12)23(31)27(24(19)32)9-5-1-2-8-15(29)30/h3-4,6-7,12-13,16-20,28H,1-2,5,8-10H2,(H,26,33)(H,29,30)/t12-,13+,16-,17+,18+,19+,20-/m0/s1. The van der Waals surface area contributed by atoms with Crippen LogP contribution in [0.1, 0.15) is 48.5 Å². The van der Waals surface area contributed by atoms with E-state index in [9.17, 15) is 24.3 Å². The molecule has 2 aromatic rings. The number of imide groups is 1. The number of benzene rings is 1. The molecule has 6 rings (SSSR count). The number of rotatable bonds is 7. The number of para-hydroxylation sites is 1. The lowest BCUT2D eigenvalue weighted by molar-refractivity contribution is -0.141. The molecule has 3 heterocycles. The van der Waals surface area contributed by atoms with Crippen LogP contribution in [0, 0.1) is 29.6 Å². The van der Waals surface area contributed by atoms with Gasteiger partial charge in [-0.1, -0.05) is 36.0 Å². The number of phenolic OH excluding ortho intramolecular Hbond substituents is 1. The zero-order chi connectivity index (χ0) is 24.4.